The molecular weight excluding hydrogens is 452 g/mol. The second-order valence-corrected chi connectivity index (χ2v) is 8.64. The van der Waals surface area contributed by atoms with Gasteiger partial charge in [-0.2, -0.15) is 0 Å². The lowest BCUT2D eigenvalue weighted by atomic mass is 9.95. The van der Waals surface area contributed by atoms with E-state index in [1.807, 2.05) is 30.5 Å². The summed E-state index contributed by atoms with van der Waals surface area (Å²) in [4.78, 5) is 31.0. The number of phenols is 1. The van der Waals surface area contributed by atoms with Crippen molar-refractivity contribution < 1.29 is 19.8 Å². The fraction of sp³-hybridized carbons (Fsp3) is 0.111. The van der Waals surface area contributed by atoms with Crippen molar-refractivity contribution in [2.75, 3.05) is 6.54 Å². The van der Waals surface area contributed by atoms with Crippen LogP contribution in [-0.2, 0) is 16.0 Å². The van der Waals surface area contributed by atoms with Crippen molar-refractivity contribution in [2.24, 2.45) is 0 Å². The predicted molar refractivity (Wildman–Crippen MR) is 131 cm³/mol. The highest BCUT2D eigenvalue weighted by molar-refractivity contribution is 6.46. The van der Waals surface area contributed by atoms with Gasteiger partial charge in [0.25, 0.3) is 11.7 Å². The zero-order valence-electron chi connectivity index (χ0n) is 18.0. The number of nitrogens with one attached hydrogen (secondary N) is 1. The van der Waals surface area contributed by atoms with Crippen LogP contribution < -0.4 is 0 Å². The molecule has 1 atom stereocenters. The Morgan fingerprint density at radius 1 is 1.00 bits per heavy atom. The first-order valence-corrected chi connectivity index (χ1v) is 11.2. The number of aromatic nitrogens is 1. The number of benzene rings is 3. The first-order chi connectivity index (χ1) is 16.4. The number of halogens is 1. The number of phenolic OH excluding ortho intramolecular Hbond substituents is 1. The lowest BCUT2D eigenvalue weighted by Crippen LogP contribution is -2.31. The monoisotopic (exact) mass is 472 g/mol. The molecule has 0 bridgehead atoms. The molecule has 0 unspecified atom stereocenters. The van der Waals surface area contributed by atoms with Gasteiger partial charge in [-0.15, -0.1) is 0 Å². The summed E-state index contributed by atoms with van der Waals surface area (Å²) >= 11 is 5.97. The number of aliphatic hydroxyl groups excluding tert-OH is 1. The van der Waals surface area contributed by atoms with Gasteiger partial charge >= 0.3 is 0 Å². The molecule has 0 radical (unpaired) electrons. The van der Waals surface area contributed by atoms with Gasteiger partial charge in [-0.25, -0.2) is 0 Å². The predicted octanol–water partition coefficient (Wildman–Crippen LogP) is 5.19. The Morgan fingerprint density at radius 2 is 1.76 bits per heavy atom. The summed E-state index contributed by atoms with van der Waals surface area (Å²) < 4.78 is 0. The minimum absolute atomic E-state index is 0.00575. The highest BCUT2D eigenvalue weighted by Gasteiger charge is 2.46. The maximum absolute atomic E-state index is 13.1. The van der Waals surface area contributed by atoms with E-state index in [-0.39, 0.29) is 23.6 Å². The van der Waals surface area contributed by atoms with Crippen LogP contribution in [0.1, 0.15) is 22.7 Å². The molecule has 0 spiro atoms. The smallest absolute Gasteiger partial charge is 0.295 e. The number of carbonyl (C=O) groups is 2. The van der Waals surface area contributed by atoms with Crippen molar-refractivity contribution in [3.05, 3.63) is 106 Å². The molecule has 0 saturated carbocycles. The summed E-state index contributed by atoms with van der Waals surface area (Å²) in [5, 5.41) is 22.7. The van der Waals surface area contributed by atoms with Gasteiger partial charge in [0, 0.05) is 34.2 Å². The fourth-order valence-electron chi connectivity index (χ4n) is 4.49. The van der Waals surface area contributed by atoms with Gasteiger partial charge in [-0.3, -0.25) is 9.59 Å². The van der Waals surface area contributed by atoms with Crippen LogP contribution in [0.5, 0.6) is 5.75 Å². The van der Waals surface area contributed by atoms with Crippen molar-refractivity contribution >= 4 is 40.0 Å². The van der Waals surface area contributed by atoms with Crippen LogP contribution in [0, 0.1) is 0 Å². The van der Waals surface area contributed by atoms with Crippen LogP contribution in [0.25, 0.3) is 16.7 Å². The fourth-order valence-corrected chi connectivity index (χ4v) is 4.62. The number of amides is 1. The van der Waals surface area contributed by atoms with Crippen LogP contribution >= 0.6 is 11.6 Å². The minimum Gasteiger partial charge on any atom is -0.508 e. The number of likely N-dealkylation sites (tertiary alicyclic amines) is 1. The molecule has 4 aromatic rings. The number of Topliss-reactive ketones (excluding diaryl/α,β-unsaturated/α-hetero) is 1. The van der Waals surface area contributed by atoms with Crippen molar-refractivity contribution in [3.8, 4) is 5.75 Å². The van der Waals surface area contributed by atoms with Crippen molar-refractivity contribution in [3.63, 3.8) is 0 Å². The molecule has 3 aromatic carbocycles. The summed E-state index contributed by atoms with van der Waals surface area (Å²) in [6, 6.07) is 19.8. The number of hydrogen-bond acceptors (Lipinski definition) is 4. The normalized spacial score (nSPS) is 17.6. The second kappa shape index (κ2) is 8.72. The Morgan fingerprint density at radius 3 is 2.53 bits per heavy atom. The summed E-state index contributed by atoms with van der Waals surface area (Å²) in [6.45, 7) is 0.254. The molecule has 170 valence electrons. The molecule has 1 aliphatic heterocycles. The number of aliphatic hydroxyl groups is 1. The number of aromatic hydroxyl groups is 1. The molecule has 0 aliphatic carbocycles. The van der Waals surface area contributed by atoms with Gasteiger partial charge in [-0.05, 0) is 60.0 Å². The van der Waals surface area contributed by atoms with E-state index in [1.165, 1.54) is 17.0 Å². The van der Waals surface area contributed by atoms with Crippen LogP contribution in [0.4, 0.5) is 0 Å². The van der Waals surface area contributed by atoms with E-state index in [0.717, 1.165) is 16.5 Å². The molecule has 2 heterocycles. The molecule has 34 heavy (non-hydrogen) atoms. The maximum Gasteiger partial charge on any atom is 0.295 e. The van der Waals surface area contributed by atoms with Gasteiger partial charge in [0.15, 0.2) is 0 Å². The van der Waals surface area contributed by atoms with E-state index in [1.54, 1.807) is 36.4 Å². The average Bonchev–Trinajstić information content (AvgIpc) is 3.36. The molecule has 1 fully saturated rings. The van der Waals surface area contributed by atoms with E-state index in [4.69, 9.17) is 11.6 Å². The highest BCUT2D eigenvalue weighted by Crippen LogP contribution is 2.40. The third kappa shape index (κ3) is 3.82. The van der Waals surface area contributed by atoms with Gasteiger partial charge in [0.2, 0.25) is 0 Å². The van der Waals surface area contributed by atoms with Crippen molar-refractivity contribution in [1.29, 1.82) is 0 Å². The van der Waals surface area contributed by atoms with Gasteiger partial charge in [0.1, 0.15) is 11.5 Å². The molecule has 1 amide bonds. The van der Waals surface area contributed by atoms with Crippen LogP contribution in [0.2, 0.25) is 5.02 Å². The number of ketones is 1. The van der Waals surface area contributed by atoms with Crippen LogP contribution in [0.15, 0.2) is 84.6 Å². The molecule has 7 heteroatoms. The third-order valence-corrected chi connectivity index (χ3v) is 6.39. The molecule has 1 aliphatic rings. The number of fused-ring (bicyclic) bond motifs is 1. The number of aromatic amines is 1. The topological polar surface area (TPSA) is 93.6 Å². The van der Waals surface area contributed by atoms with Crippen molar-refractivity contribution in [2.45, 2.75) is 12.5 Å². The standard InChI is InChI=1S/C27H21ClN2O4/c28-19-10-8-16(9-11-19)25(32)23-24(17-4-3-5-20(31)14-17)30(27(34)26(23)33)13-12-18-15-29-22-7-2-1-6-21(18)22/h1-11,14-15,24,29,31-32H,12-13H2/t24-/m1/s1. The number of carbonyl (C=O) groups excluding carboxylic acids is 2. The number of para-hydroxylation sites is 1. The maximum atomic E-state index is 13.1. The first-order valence-electron chi connectivity index (χ1n) is 10.8. The molecule has 1 saturated heterocycles. The zero-order valence-corrected chi connectivity index (χ0v) is 18.8. The Balaban J connectivity index is 1.57. The molecule has 5 rings (SSSR count). The number of hydrogen-bond donors (Lipinski definition) is 3. The Hall–Kier alpha value is -4.03. The molecular formula is C27H21ClN2O4. The lowest BCUT2D eigenvalue weighted by molar-refractivity contribution is -0.139. The minimum atomic E-state index is -0.840. The summed E-state index contributed by atoms with van der Waals surface area (Å²) in [7, 11) is 0. The average molecular weight is 473 g/mol. The van der Waals surface area contributed by atoms with Gasteiger partial charge in [-0.1, -0.05) is 41.9 Å². The summed E-state index contributed by atoms with van der Waals surface area (Å²) in [5.74, 6) is -1.73. The quantitative estimate of drug-likeness (QED) is 0.211. The van der Waals surface area contributed by atoms with E-state index in [2.05, 4.69) is 4.98 Å². The Bertz CT molecular complexity index is 1440. The SMILES string of the molecule is O=C1C(=O)N(CCc2c[nH]c3ccccc23)[C@H](c2cccc(O)c2)C1=C(O)c1ccc(Cl)cc1. The van der Waals surface area contributed by atoms with Crippen LogP contribution in [-0.4, -0.2) is 38.3 Å². The molecule has 6 nitrogen and oxygen atoms in total. The largest absolute Gasteiger partial charge is 0.508 e. The number of rotatable bonds is 5. The van der Waals surface area contributed by atoms with E-state index in [9.17, 15) is 19.8 Å². The number of nitrogens with zero attached hydrogens (tertiary/aromatic N) is 1. The first kappa shape index (κ1) is 21.8. The van der Waals surface area contributed by atoms with Gasteiger partial charge in [0.05, 0.1) is 11.6 Å². The summed E-state index contributed by atoms with van der Waals surface area (Å²) in [5.41, 5.74) is 2.91. The van der Waals surface area contributed by atoms with E-state index in [0.29, 0.717) is 22.6 Å². The lowest BCUT2D eigenvalue weighted by Gasteiger charge is -2.25. The van der Waals surface area contributed by atoms with Gasteiger partial charge < -0.3 is 20.1 Å². The molecule has 3 N–H and O–H groups in total. The zero-order chi connectivity index (χ0) is 23.8. The number of H-pyrrole nitrogens is 1. The Kier molecular flexibility index (Phi) is 5.59. The highest BCUT2D eigenvalue weighted by atomic mass is 35.5. The third-order valence-electron chi connectivity index (χ3n) is 6.14. The second-order valence-electron chi connectivity index (χ2n) is 8.20. The molecule has 1 aromatic heterocycles. The summed E-state index contributed by atoms with van der Waals surface area (Å²) in [6.07, 6.45) is 2.41. The van der Waals surface area contributed by atoms with Crippen LogP contribution in [0.3, 0.4) is 0 Å². The van der Waals surface area contributed by atoms with Crippen molar-refractivity contribution in [1.82, 2.24) is 9.88 Å². The Labute approximate surface area is 200 Å². The van der Waals surface area contributed by atoms with E-state index < -0.39 is 17.7 Å². The van der Waals surface area contributed by atoms with E-state index >= 15 is 0 Å².